The minimum Gasteiger partial charge on any atom is -0.481 e. The van der Waals surface area contributed by atoms with Gasteiger partial charge < -0.3 is 19.9 Å². The molecule has 27 heavy (non-hydrogen) atoms. The maximum atomic E-state index is 12.1. The fourth-order valence-electron chi connectivity index (χ4n) is 4.21. The first-order valence-electron chi connectivity index (χ1n) is 9.77. The van der Waals surface area contributed by atoms with Crippen LogP contribution in [0.25, 0.3) is 0 Å². The number of esters is 1. The predicted octanol–water partition coefficient (Wildman–Crippen LogP) is 3.49. The number of ether oxygens (including phenoxy) is 2. The summed E-state index contributed by atoms with van der Waals surface area (Å²) in [5, 5.41) is 12.0. The van der Waals surface area contributed by atoms with Gasteiger partial charge in [0.25, 0.3) is 0 Å². The van der Waals surface area contributed by atoms with E-state index in [2.05, 4.69) is 18.3 Å². The number of alkyl carbamates (subject to hydrolysis) is 1. The van der Waals surface area contributed by atoms with Crippen LogP contribution in [-0.4, -0.2) is 36.0 Å². The number of aliphatic carboxylic acids is 1. The van der Waals surface area contributed by atoms with Gasteiger partial charge in [-0.05, 0) is 37.5 Å². The van der Waals surface area contributed by atoms with E-state index in [0.29, 0.717) is 12.3 Å². The highest BCUT2D eigenvalue weighted by molar-refractivity contribution is 5.72. The molecule has 152 valence electrons. The van der Waals surface area contributed by atoms with Crippen LogP contribution in [0.2, 0.25) is 0 Å². The van der Waals surface area contributed by atoms with Crippen LogP contribution in [0.15, 0.2) is 11.6 Å². The molecular formula is C20H31NO6. The number of hydrogen-bond acceptors (Lipinski definition) is 5. The molecule has 0 radical (unpaired) electrons. The Morgan fingerprint density at radius 1 is 1.30 bits per heavy atom. The summed E-state index contributed by atoms with van der Waals surface area (Å²) in [6.07, 6.45) is 3.94. The third kappa shape index (κ3) is 5.02. The van der Waals surface area contributed by atoms with Crippen molar-refractivity contribution in [2.45, 2.75) is 66.1 Å². The van der Waals surface area contributed by atoms with Crippen molar-refractivity contribution in [3.63, 3.8) is 0 Å². The summed E-state index contributed by atoms with van der Waals surface area (Å²) >= 11 is 0. The molecule has 0 spiro atoms. The Morgan fingerprint density at radius 3 is 2.59 bits per heavy atom. The molecule has 2 aliphatic rings. The zero-order valence-electron chi connectivity index (χ0n) is 16.6. The van der Waals surface area contributed by atoms with Crippen LogP contribution < -0.4 is 5.32 Å². The van der Waals surface area contributed by atoms with E-state index in [9.17, 15) is 19.5 Å². The minimum absolute atomic E-state index is 0.0144. The van der Waals surface area contributed by atoms with Gasteiger partial charge in [-0.2, -0.15) is 0 Å². The van der Waals surface area contributed by atoms with Crippen LogP contribution in [0, 0.1) is 23.2 Å². The zero-order valence-corrected chi connectivity index (χ0v) is 16.6. The maximum Gasteiger partial charge on any atom is 0.410 e. The van der Waals surface area contributed by atoms with Gasteiger partial charge in [-0.1, -0.05) is 32.4 Å². The van der Waals surface area contributed by atoms with Crippen molar-refractivity contribution in [1.82, 2.24) is 5.32 Å². The minimum atomic E-state index is -0.992. The lowest BCUT2D eigenvalue weighted by molar-refractivity contribution is -0.169. The van der Waals surface area contributed by atoms with E-state index in [1.165, 1.54) is 12.5 Å². The molecule has 0 aromatic rings. The Labute approximate surface area is 160 Å². The van der Waals surface area contributed by atoms with Crippen LogP contribution >= 0.6 is 0 Å². The number of nitrogens with one attached hydrogen (secondary N) is 1. The van der Waals surface area contributed by atoms with E-state index < -0.39 is 29.7 Å². The highest BCUT2D eigenvalue weighted by Crippen LogP contribution is 2.59. The first-order chi connectivity index (χ1) is 12.7. The number of carboxylic acids is 1. The molecule has 0 saturated heterocycles. The first-order valence-corrected chi connectivity index (χ1v) is 9.77. The molecule has 2 N–H and O–H groups in total. The molecule has 1 amide bonds. The summed E-state index contributed by atoms with van der Waals surface area (Å²) in [7, 11) is 0. The highest BCUT2D eigenvalue weighted by Gasteiger charge is 2.55. The SMILES string of the molecule is CCC1=C[C@@H]2[C@H](C1)C[C@]2(CNC(=O)O[C@@H](C)OC(=O)C(C)CC)CC(=O)O. The Kier molecular flexibility index (Phi) is 6.89. The highest BCUT2D eigenvalue weighted by atomic mass is 16.7. The Morgan fingerprint density at radius 2 is 2.00 bits per heavy atom. The fraction of sp³-hybridized carbons (Fsp3) is 0.750. The van der Waals surface area contributed by atoms with Crippen LogP contribution in [0.5, 0.6) is 0 Å². The molecule has 0 heterocycles. The van der Waals surface area contributed by atoms with Crippen molar-refractivity contribution >= 4 is 18.0 Å². The maximum absolute atomic E-state index is 12.1. The van der Waals surface area contributed by atoms with E-state index >= 15 is 0 Å². The van der Waals surface area contributed by atoms with Crippen molar-refractivity contribution in [3.05, 3.63) is 11.6 Å². The second kappa shape index (κ2) is 8.76. The second-order valence-corrected chi connectivity index (χ2v) is 7.88. The number of carboxylic acid groups (broad SMARTS) is 1. The van der Waals surface area contributed by atoms with Gasteiger partial charge in [0.2, 0.25) is 6.29 Å². The summed E-state index contributed by atoms with van der Waals surface area (Å²) in [5.41, 5.74) is 0.897. The van der Waals surface area contributed by atoms with Gasteiger partial charge >= 0.3 is 18.0 Å². The monoisotopic (exact) mass is 381 g/mol. The van der Waals surface area contributed by atoms with Crippen LogP contribution in [0.4, 0.5) is 4.79 Å². The second-order valence-electron chi connectivity index (χ2n) is 7.88. The lowest BCUT2D eigenvalue weighted by atomic mass is 9.53. The third-order valence-corrected chi connectivity index (χ3v) is 5.94. The lowest BCUT2D eigenvalue weighted by Gasteiger charge is -2.51. The normalized spacial score (nSPS) is 28.2. The summed E-state index contributed by atoms with van der Waals surface area (Å²) < 4.78 is 10.2. The molecule has 1 saturated carbocycles. The van der Waals surface area contributed by atoms with Crippen molar-refractivity contribution in [3.8, 4) is 0 Å². The number of hydrogen-bond donors (Lipinski definition) is 2. The van der Waals surface area contributed by atoms with E-state index in [0.717, 1.165) is 19.3 Å². The lowest BCUT2D eigenvalue weighted by Crippen LogP contribution is -2.53. The van der Waals surface area contributed by atoms with Crippen LogP contribution in [-0.2, 0) is 19.1 Å². The molecule has 1 fully saturated rings. The molecule has 0 aliphatic heterocycles. The van der Waals surface area contributed by atoms with Gasteiger partial charge in [0.1, 0.15) is 0 Å². The molecule has 0 aromatic heterocycles. The zero-order chi connectivity index (χ0) is 20.2. The van der Waals surface area contributed by atoms with Gasteiger partial charge in [-0.3, -0.25) is 9.59 Å². The van der Waals surface area contributed by atoms with E-state index in [1.54, 1.807) is 6.92 Å². The van der Waals surface area contributed by atoms with E-state index in [-0.39, 0.29) is 24.8 Å². The topological polar surface area (TPSA) is 102 Å². The standard InChI is InChI=1S/C20H31NO6/c1-5-12(3)18(24)26-13(4)27-19(25)21-11-20(10-17(22)23)9-15-7-14(6-2)8-16(15)20/h8,12-13,15-16H,5-7,9-11H2,1-4H3,(H,21,25)(H,22,23)/t12?,13-,15+,16+,20+/m0/s1. The molecule has 5 atom stereocenters. The fourth-order valence-corrected chi connectivity index (χ4v) is 4.21. The van der Waals surface area contributed by atoms with E-state index in [1.807, 2.05) is 6.92 Å². The first kappa shape index (κ1) is 21.3. The number of allylic oxidation sites excluding steroid dienone is 2. The number of carbonyl (C=O) groups excluding carboxylic acids is 2. The predicted molar refractivity (Wildman–Crippen MR) is 98.8 cm³/mol. The van der Waals surface area contributed by atoms with Crippen molar-refractivity contribution in [1.29, 1.82) is 0 Å². The molecular weight excluding hydrogens is 350 g/mol. The number of carbonyl (C=O) groups is 3. The molecule has 1 unspecified atom stereocenters. The average Bonchev–Trinajstić information content (AvgIpc) is 2.95. The Hall–Kier alpha value is -2.05. The van der Waals surface area contributed by atoms with Crippen molar-refractivity contribution < 1.29 is 29.0 Å². The summed E-state index contributed by atoms with van der Waals surface area (Å²) in [6.45, 7) is 7.45. The summed E-state index contributed by atoms with van der Waals surface area (Å²) in [5.74, 6) is -0.869. The molecule has 2 rings (SSSR count). The number of amides is 1. The Bertz CT molecular complexity index is 616. The van der Waals surface area contributed by atoms with Crippen LogP contribution in [0.3, 0.4) is 0 Å². The molecule has 7 heteroatoms. The average molecular weight is 381 g/mol. The molecule has 0 bridgehead atoms. The van der Waals surface area contributed by atoms with E-state index in [4.69, 9.17) is 9.47 Å². The van der Waals surface area contributed by atoms with Gasteiger partial charge in [-0.25, -0.2) is 4.79 Å². The number of fused-ring (bicyclic) bond motifs is 1. The summed E-state index contributed by atoms with van der Waals surface area (Å²) in [4.78, 5) is 35.2. The van der Waals surface area contributed by atoms with Crippen molar-refractivity contribution in [2.75, 3.05) is 6.54 Å². The molecule has 2 aliphatic carbocycles. The van der Waals surface area contributed by atoms with Crippen molar-refractivity contribution in [2.24, 2.45) is 23.2 Å². The quantitative estimate of drug-likeness (QED) is 0.360. The summed E-state index contributed by atoms with van der Waals surface area (Å²) in [6, 6.07) is 0. The smallest absolute Gasteiger partial charge is 0.410 e. The van der Waals surface area contributed by atoms with Gasteiger partial charge in [0, 0.05) is 18.9 Å². The molecule has 0 aromatic carbocycles. The Balaban J connectivity index is 1.88. The van der Waals surface area contributed by atoms with Gasteiger partial charge in [-0.15, -0.1) is 0 Å². The molecule has 7 nitrogen and oxygen atoms in total. The third-order valence-electron chi connectivity index (χ3n) is 5.94. The van der Waals surface area contributed by atoms with Gasteiger partial charge in [0.05, 0.1) is 12.3 Å². The van der Waals surface area contributed by atoms with Gasteiger partial charge in [0.15, 0.2) is 0 Å². The largest absolute Gasteiger partial charge is 0.481 e. The number of rotatable bonds is 9. The van der Waals surface area contributed by atoms with Crippen LogP contribution in [0.1, 0.15) is 59.8 Å².